The molecule has 33 heavy (non-hydrogen) atoms. The summed E-state index contributed by atoms with van der Waals surface area (Å²) in [6.45, 7) is 9.43. The average molecular weight is 471 g/mol. The molecule has 0 spiro atoms. The molecule has 1 N–H and O–H groups in total. The molecule has 1 aliphatic rings. The minimum absolute atomic E-state index is 0.0427. The van der Waals surface area contributed by atoms with Crippen LogP contribution < -0.4 is 10.2 Å². The van der Waals surface area contributed by atoms with Crippen LogP contribution in [-0.2, 0) is 26.6 Å². The Balaban J connectivity index is 1.79. The van der Waals surface area contributed by atoms with Gasteiger partial charge in [-0.25, -0.2) is 23.4 Å². The highest BCUT2D eigenvalue weighted by molar-refractivity contribution is 7.90. The Labute approximate surface area is 194 Å². The minimum Gasteiger partial charge on any atom is -0.353 e. The first-order valence-electron chi connectivity index (χ1n) is 11.0. The van der Waals surface area contributed by atoms with Gasteiger partial charge in [0, 0.05) is 37.7 Å². The normalized spacial score (nSPS) is 17.0. The number of amides is 1. The lowest BCUT2D eigenvalue weighted by atomic mass is 9.96. The Bertz CT molecular complexity index is 1310. The van der Waals surface area contributed by atoms with Gasteiger partial charge in [0.05, 0.1) is 17.8 Å². The van der Waals surface area contributed by atoms with Crippen molar-refractivity contribution in [1.29, 1.82) is 0 Å². The summed E-state index contributed by atoms with van der Waals surface area (Å²) in [6.07, 6.45) is 3.74. The van der Waals surface area contributed by atoms with Gasteiger partial charge in [0.2, 0.25) is 5.91 Å². The third-order valence-corrected chi connectivity index (χ3v) is 6.92. The number of hydrogen-bond donors (Lipinski definition) is 1. The van der Waals surface area contributed by atoms with E-state index in [1.54, 1.807) is 18.5 Å². The maximum Gasteiger partial charge on any atom is 0.217 e. The van der Waals surface area contributed by atoms with Crippen LogP contribution in [0.4, 0.5) is 5.82 Å². The van der Waals surface area contributed by atoms with Crippen LogP contribution in [0.5, 0.6) is 0 Å². The molecule has 9 nitrogen and oxygen atoms in total. The number of carbonyl (C=O) groups is 1. The van der Waals surface area contributed by atoms with Gasteiger partial charge in [-0.15, -0.1) is 0 Å². The molecule has 1 aliphatic heterocycles. The Morgan fingerprint density at radius 1 is 1.21 bits per heavy atom. The summed E-state index contributed by atoms with van der Waals surface area (Å²) in [4.78, 5) is 28.3. The van der Waals surface area contributed by atoms with Crippen LogP contribution in [0.15, 0.2) is 35.5 Å². The van der Waals surface area contributed by atoms with Crippen LogP contribution in [0.25, 0.3) is 11.2 Å². The molecule has 10 heteroatoms. The van der Waals surface area contributed by atoms with E-state index in [0.29, 0.717) is 40.5 Å². The molecule has 2 aromatic heterocycles. The molecule has 1 aromatic carbocycles. The quantitative estimate of drug-likeness (QED) is 0.609. The first-order chi connectivity index (χ1) is 15.4. The fourth-order valence-corrected chi connectivity index (χ4v) is 5.07. The van der Waals surface area contributed by atoms with Crippen LogP contribution in [0.3, 0.4) is 0 Å². The fourth-order valence-electron chi connectivity index (χ4n) is 4.14. The maximum absolute atomic E-state index is 12.3. The van der Waals surface area contributed by atoms with Crippen LogP contribution in [0.2, 0.25) is 0 Å². The van der Waals surface area contributed by atoms with Crippen molar-refractivity contribution in [2.24, 2.45) is 0 Å². The SMILES string of the molecule is CC(=O)NC1CCN(c2nc(C(C)(C)C)nc3c2ncn3Cc2ccccc2S(C)(=O)=O)C1. The molecule has 176 valence electrons. The van der Waals surface area contributed by atoms with Gasteiger partial charge in [-0.3, -0.25) is 4.79 Å². The number of nitrogens with zero attached hydrogens (tertiary/aromatic N) is 5. The fraction of sp³-hybridized carbons (Fsp3) is 0.478. The third kappa shape index (κ3) is 4.85. The summed E-state index contributed by atoms with van der Waals surface area (Å²) in [6, 6.07) is 7.05. The Morgan fingerprint density at radius 2 is 1.94 bits per heavy atom. The predicted molar refractivity (Wildman–Crippen MR) is 127 cm³/mol. The van der Waals surface area contributed by atoms with E-state index in [9.17, 15) is 13.2 Å². The molecule has 0 radical (unpaired) electrons. The Morgan fingerprint density at radius 3 is 2.61 bits per heavy atom. The highest BCUT2D eigenvalue weighted by Crippen LogP contribution is 2.30. The van der Waals surface area contributed by atoms with Crippen molar-refractivity contribution in [1.82, 2.24) is 24.8 Å². The molecule has 0 aliphatic carbocycles. The van der Waals surface area contributed by atoms with E-state index >= 15 is 0 Å². The highest BCUT2D eigenvalue weighted by Gasteiger charge is 2.29. The first-order valence-corrected chi connectivity index (χ1v) is 12.9. The summed E-state index contributed by atoms with van der Waals surface area (Å²) in [5.74, 6) is 1.39. The molecule has 1 fully saturated rings. The van der Waals surface area contributed by atoms with Crippen molar-refractivity contribution >= 4 is 32.7 Å². The largest absolute Gasteiger partial charge is 0.353 e. The summed E-state index contributed by atoms with van der Waals surface area (Å²) < 4.78 is 26.4. The number of benzene rings is 1. The minimum atomic E-state index is -3.37. The van der Waals surface area contributed by atoms with E-state index in [0.717, 1.165) is 18.8 Å². The van der Waals surface area contributed by atoms with E-state index in [4.69, 9.17) is 9.97 Å². The second-order valence-electron chi connectivity index (χ2n) is 9.68. The first kappa shape index (κ1) is 23.2. The van der Waals surface area contributed by atoms with Crippen molar-refractivity contribution in [2.45, 2.75) is 57.0 Å². The zero-order valence-corrected chi connectivity index (χ0v) is 20.5. The number of nitrogens with one attached hydrogen (secondary N) is 1. The van der Waals surface area contributed by atoms with Crippen molar-refractivity contribution in [3.05, 3.63) is 42.0 Å². The maximum atomic E-state index is 12.3. The predicted octanol–water partition coefficient (Wildman–Crippen LogP) is 2.29. The molecule has 1 atom stereocenters. The van der Waals surface area contributed by atoms with Crippen LogP contribution in [0.1, 0.15) is 45.5 Å². The number of aromatic nitrogens is 4. The van der Waals surface area contributed by atoms with E-state index in [-0.39, 0.29) is 17.4 Å². The number of imidazole rings is 1. The number of hydrogen-bond acceptors (Lipinski definition) is 7. The van der Waals surface area contributed by atoms with Gasteiger partial charge in [-0.2, -0.15) is 0 Å². The molecule has 4 rings (SSSR count). The average Bonchev–Trinajstić information content (AvgIpc) is 3.33. The summed E-state index contributed by atoms with van der Waals surface area (Å²) in [5, 5.41) is 2.99. The Kier molecular flexibility index (Phi) is 5.90. The lowest BCUT2D eigenvalue weighted by Gasteiger charge is -2.22. The number of sulfone groups is 1. The standard InChI is InChI=1S/C23H30N6O3S/c1-15(30)25-17-10-11-28(13-17)20-19-21(27-22(26-20)23(2,3)4)29(14-24-19)12-16-8-6-7-9-18(16)33(5,31)32/h6-9,14,17H,10-13H2,1-5H3,(H,25,30). The number of anilines is 1. The van der Waals surface area contributed by atoms with Gasteiger partial charge >= 0.3 is 0 Å². The summed E-state index contributed by atoms with van der Waals surface area (Å²) in [7, 11) is -3.37. The Hall–Kier alpha value is -3.01. The van der Waals surface area contributed by atoms with Crippen molar-refractivity contribution in [3.8, 4) is 0 Å². The van der Waals surface area contributed by atoms with E-state index < -0.39 is 9.84 Å². The zero-order valence-electron chi connectivity index (χ0n) is 19.7. The van der Waals surface area contributed by atoms with Gasteiger partial charge in [0.1, 0.15) is 5.82 Å². The molecule has 3 heterocycles. The molecule has 1 saturated heterocycles. The molecular formula is C23H30N6O3S. The number of fused-ring (bicyclic) bond motifs is 1. The van der Waals surface area contributed by atoms with Gasteiger partial charge in [-0.05, 0) is 18.1 Å². The van der Waals surface area contributed by atoms with E-state index in [2.05, 4.69) is 36.0 Å². The van der Waals surface area contributed by atoms with Crippen molar-refractivity contribution in [2.75, 3.05) is 24.2 Å². The molecule has 0 saturated carbocycles. The van der Waals surface area contributed by atoms with Crippen LogP contribution in [0, 0.1) is 0 Å². The van der Waals surface area contributed by atoms with Crippen molar-refractivity contribution < 1.29 is 13.2 Å². The third-order valence-electron chi connectivity index (χ3n) is 5.72. The van der Waals surface area contributed by atoms with Crippen LogP contribution >= 0.6 is 0 Å². The lowest BCUT2D eigenvalue weighted by Crippen LogP contribution is -2.36. The number of carbonyl (C=O) groups excluding carboxylic acids is 1. The van der Waals surface area contributed by atoms with Crippen molar-refractivity contribution in [3.63, 3.8) is 0 Å². The van der Waals surface area contributed by atoms with Crippen LogP contribution in [-0.4, -0.2) is 59.2 Å². The molecular weight excluding hydrogens is 440 g/mol. The zero-order chi connectivity index (χ0) is 24.0. The second kappa shape index (κ2) is 8.40. The summed E-state index contributed by atoms with van der Waals surface area (Å²) >= 11 is 0. The van der Waals surface area contributed by atoms with Gasteiger partial charge in [-0.1, -0.05) is 39.0 Å². The molecule has 1 amide bonds. The molecule has 0 bridgehead atoms. The van der Waals surface area contributed by atoms with Gasteiger partial charge < -0.3 is 14.8 Å². The molecule has 3 aromatic rings. The second-order valence-corrected chi connectivity index (χ2v) is 11.7. The lowest BCUT2D eigenvalue weighted by molar-refractivity contribution is -0.119. The van der Waals surface area contributed by atoms with E-state index in [1.165, 1.54) is 13.2 Å². The highest BCUT2D eigenvalue weighted by atomic mass is 32.2. The smallest absolute Gasteiger partial charge is 0.217 e. The van der Waals surface area contributed by atoms with Gasteiger partial charge in [0.25, 0.3) is 0 Å². The van der Waals surface area contributed by atoms with E-state index in [1.807, 2.05) is 16.7 Å². The number of rotatable bonds is 5. The molecule has 1 unspecified atom stereocenters. The monoisotopic (exact) mass is 470 g/mol. The summed E-state index contributed by atoms with van der Waals surface area (Å²) in [5.41, 5.74) is 1.72. The topological polar surface area (TPSA) is 110 Å². The van der Waals surface area contributed by atoms with Gasteiger partial charge in [0.15, 0.2) is 26.8 Å².